The number of ketones is 1. The van der Waals surface area contributed by atoms with Crippen LogP contribution in [0.2, 0.25) is 10.0 Å². The Balaban J connectivity index is 0.000000272. The molecule has 6 heterocycles. The van der Waals surface area contributed by atoms with Crippen molar-refractivity contribution >= 4 is 95.7 Å². The van der Waals surface area contributed by atoms with E-state index in [1.54, 1.807) is 74.0 Å². The van der Waals surface area contributed by atoms with Crippen LogP contribution in [-0.4, -0.2) is 66.4 Å². The number of Topliss-reactive ketones (excluding diaryl/α,β-unsaturated/α-hetero) is 1. The Bertz CT molecular complexity index is 2680. The largest absolute Gasteiger partial charge is 1.00 e. The second-order valence-corrected chi connectivity index (χ2v) is 17.6. The Labute approximate surface area is 414 Å². The number of nitrogens with two attached hydrogens (primary N) is 2. The second kappa shape index (κ2) is 22.8. The monoisotopic (exact) mass is 943 g/mol. The van der Waals surface area contributed by atoms with Crippen molar-refractivity contribution in [3.63, 3.8) is 0 Å². The summed E-state index contributed by atoms with van der Waals surface area (Å²) in [6.07, 6.45) is 9.87. The van der Waals surface area contributed by atoms with Crippen molar-refractivity contribution in [2.75, 3.05) is 24.6 Å². The molecule has 4 aromatic heterocycles. The molecule has 0 fully saturated rings. The molecule has 0 saturated carbocycles. The number of benzene rings is 2. The van der Waals surface area contributed by atoms with Crippen molar-refractivity contribution in [3.05, 3.63) is 139 Å². The Morgan fingerprint density at radius 3 is 1.66 bits per heavy atom. The van der Waals surface area contributed by atoms with E-state index < -0.39 is 6.10 Å². The van der Waals surface area contributed by atoms with Crippen molar-refractivity contribution in [1.29, 1.82) is 0 Å². The maximum absolute atomic E-state index is 12.1. The molecule has 2 amide bonds. The topological polar surface area (TPSA) is 192 Å². The third-order valence-corrected chi connectivity index (χ3v) is 12.8. The van der Waals surface area contributed by atoms with Gasteiger partial charge in [0.2, 0.25) is 11.8 Å². The van der Waals surface area contributed by atoms with Gasteiger partial charge in [0.05, 0.1) is 34.1 Å². The van der Waals surface area contributed by atoms with E-state index in [0.29, 0.717) is 64.0 Å². The first kappa shape index (κ1) is 50.0. The molecule has 6 aromatic rings. The number of hydrogen-bond donors (Lipinski definition) is 5. The Hall–Kier alpha value is -4.97. The summed E-state index contributed by atoms with van der Waals surface area (Å²) in [5.41, 5.74) is 16.6. The van der Waals surface area contributed by atoms with Gasteiger partial charge in [-0.05, 0) is 121 Å². The van der Waals surface area contributed by atoms with Crippen molar-refractivity contribution < 1.29 is 59.9 Å². The zero-order valence-electron chi connectivity index (χ0n) is 36.1. The van der Waals surface area contributed by atoms with Gasteiger partial charge in [0.15, 0.2) is 5.78 Å². The minimum Gasteiger partial charge on any atom is -1.00 e. The predicted molar refractivity (Wildman–Crippen MR) is 255 cm³/mol. The van der Waals surface area contributed by atoms with E-state index in [9.17, 15) is 19.5 Å². The molecule has 3 atom stereocenters. The fourth-order valence-electron chi connectivity index (χ4n) is 6.62. The third kappa shape index (κ3) is 13.1. The fourth-order valence-corrected chi connectivity index (χ4v) is 9.01. The summed E-state index contributed by atoms with van der Waals surface area (Å²) in [5, 5.41) is 16.5. The van der Waals surface area contributed by atoms with Gasteiger partial charge in [-0.1, -0.05) is 23.2 Å². The average Bonchev–Trinajstić information content (AvgIpc) is 4.08. The van der Waals surface area contributed by atoms with Crippen LogP contribution in [0.1, 0.15) is 58.2 Å². The summed E-state index contributed by atoms with van der Waals surface area (Å²) in [6.45, 7) is 4.03. The molecule has 2 aromatic carbocycles. The van der Waals surface area contributed by atoms with Gasteiger partial charge >= 0.3 is 29.6 Å². The molecule has 2 aliphatic heterocycles. The molecule has 0 saturated heterocycles. The third-order valence-electron chi connectivity index (χ3n) is 9.75. The number of fused-ring (bicyclic) bond motifs is 2. The van der Waals surface area contributed by atoms with Gasteiger partial charge in [0.1, 0.15) is 35.3 Å². The minimum absolute atomic E-state index is 0. The van der Waals surface area contributed by atoms with Crippen LogP contribution in [-0.2, 0) is 22.4 Å². The number of nitrogens with one attached hydrogen (secondary N) is 2. The molecular formula is C46H43BCl2N6NaO6S2. The number of thiophene rings is 2. The van der Waals surface area contributed by atoms with Gasteiger partial charge < -0.3 is 38.1 Å². The number of anilines is 2. The standard InChI is InChI=1S/C23H22ClN3O3S.C23H20ClN3O3S.B.Na.H/c2*1-13(28)19-4-5-20(31-19)15-8-16-9-17(30-23(16)18(24)10-15)12-27-22(29)7-3-14-2-6-21(25)26-11-14;;;/h2-8,10-11,13,17,28H,9,12H2,1H3,(H2,25,26)(H,27,29);2-8,10-11,17H,9,12H2,1H3,(H2,25,26)(H,27,29);;;/q;;;+1;-1/b2*7-3+;;;. The normalized spacial score (nSPS) is 15.1. The first-order valence-corrected chi connectivity index (χ1v) is 21.9. The smallest absolute Gasteiger partial charge is 1.00 e. The van der Waals surface area contributed by atoms with Gasteiger partial charge in [-0.15, -0.1) is 22.7 Å². The van der Waals surface area contributed by atoms with Gasteiger partial charge in [0, 0.05) is 71.6 Å². The Morgan fingerprint density at radius 2 is 1.25 bits per heavy atom. The van der Waals surface area contributed by atoms with Crippen LogP contribution in [0.5, 0.6) is 11.5 Å². The summed E-state index contributed by atoms with van der Waals surface area (Å²) in [7, 11) is 0. The van der Waals surface area contributed by atoms with E-state index in [4.69, 9.17) is 44.1 Å². The van der Waals surface area contributed by atoms with Crippen LogP contribution in [0.25, 0.3) is 33.0 Å². The SMILES string of the molecule is CC(=O)c1ccc(-c2cc(Cl)c3c(c2)CC(CNC(=O)/C=C/c2ccc(N)nc2)O3)s1.CC(O)c1ccc(-c2cc(Cl)c3c(c2)CC(CNC(=O)/C=C/c2ccc(N)nc2)O3)s1.[B].[H-].[Na+]. The van der Waals surface area contributed by atoms with E-state index in [-0.39, 0.29) is 69.2 Å². The van der Waals surface area contributed by atoms with E-state index in [1.165, 1.54) is 23.5 Å². The summed E-state index contributed by atoms with van der Waals surface area (Å²) < 4.78 is 11.9. The number of ether oxygens (including phenoxy) is 2. The van der Waals surface area contributed by atoms with Gasteiger partial charge in [-0.2, -0.15) is 0 Å². The zero-order chi connectivity index (χ0) is 43.9. The summed E-state index contributed by atoms with van der Waals surface area (Å²) in [4.78, 5) is 47.4. The van der Waals surface area contributed by atoms with Crippen LogP contribution >= 0.6 is 45.9 Å². The number of carbonyl (C=O) groups is 3. The van der Waals surface area contributed by atoms with Crippen LogP contribution in [0, 0.1) is 0 Å². The average molecular weight is 945 g/mol. The number of aliphatic hydroxyl groups excluding tert-OH is 1. The van der Waals surface area contributed by atoms with Gasteiger partial charge in [-0.3, -0.25) is 14.4 Å². The first-order chi connectivity index (χ1) is 29.8. The molecule has 0 aliphatic carbocycles. The molecule has 18 heteroatoms. The number of amides is 2. The zero-order valence-corrected chi connectivity index (χ0v) is 40.3. The minimum atomic E-state index is -0.495. The van der Waals surface area contributed by atoms with Crippen LogP contribution in [0.15, 0.2) is 97.3 Å². The van der Waals surface area contributed by atoms with Crippen LogP contribution < -0.4 is 61.1 Å². The molecule has 12 nitrogen and oxygen atoms in total. The number of nitrogen functional groups attached to an aromatic ring is 2. The van der Waals surface area contributed by atoms with Crippen molar-refractivity contribution in [3.8, 4) is 32.4 Å². The summed E-state index contributed by atoms with van der Waals surface area (Å²) >= 11 is 15.9. The number of aliphatic hydroxyl groups is 1. The Morgan fingerprint density at radius 1 is 0.781 bits per heavy atom. The Kier molecular flexibility index (Phi) is 17.8. The van der Waals surface area contributed by atoms with Crippen molar-refractivity contribution in [2.45, 2.75) is 45.0 Å². The molecule has 2 aliphatic rings. The number of halogens is 2. The van der Waals surface area contributed by atoms with Gasteiger partial charge in [-0.25, -0.2) is 9.97 Å². The quantitative estimate of drug-likeness (QED) is 0.0608. The molecule has 3 radical (unpaired) electrons. The van der Waals surface area contributed by atoms with E-state index in [0.717, 1.165) is 48.0 Å². The van der Waals surface area contributed by atoms with Crippen LogP contribution in [0.4, 0.5) is 11.6 Å². The number of carbonyl (C=O) groups excluding carboxylic acids is 3. The number of nitrogens with zero attached hydrogens (tertiary/aromatic N) is 2. The fraction of sp³-hybridized carbons (Fsp3) is 0.196. The molecule has 64 heavy (non-hydrogen) atoms. The number of rotatable bonds is 12. The molecule has 323 valence electrons. The predicted octanol–water partition coefficient (Wildman–Crippen LogP) is 5.35. The van der Waals surface area contributed by atoms with E-state index in [2.05, 4.69) is 26.7 Å². The summed E-state index contributed by atoms with van der Waals surface area (Å²) in [5.74, 6) is 1.79. The maximum atomic E-state index is 12.1. The van der Waals surface area contributed by atoms with E-state index >= 15 is 0 Å². The van der Waals surface area contributed by atoms with E-state index in [1.807, 2.05) is 42.5 Å². The van der Waals surface area contributed by atoms with Crippen molar-refractivity contribution in [2.24, 2.45) is 0 Å². The molecule has 3 unspecified atom stereocenters. The second-order valence-electron chi connectivity index (χ2n) is 14.6. The molecule has 0 bridgehead atoms. The number of aromatic nitrogens is 2. The summed E-state index contributed by atoms with van der Waals surface area (Å²) in [6, 6.07) is 22.4. The molecule has 0 spiro atoms. The number of pyridine rings is 2. The first-order valence-electron chi connectivity index (χ1n) is 19.5. The van der Waals surface area contributed by atoms with Gasteiger partial charge in [0.25, 0.3) is 0 Å². The molecular weight excluding hydrogens is 901 g/mol. The molecule has 7 N–H and O–H groups in total. The van der Waals surface area contributed by atoms with Crippen LogP contribution in [0.3, 0.4) is 0 Å². The van der Waals surface area contributed by atoms with Crippen molar-refractivity contribution in [1.82, 2.24) is 20.6 Å². The number of hydrogen-bond acceptors (Lipinski definition) is 12. The molecule has 8 rings (SSSR count). The maximum Gasteiger partial charge on any atom is 1.00 e.